The molecule has 1 amide bonds. The van der Waals surface area contributed by atoms with E-state index in [1.807, 2.05) is 6.92 Å². The molecular weight excluding hydrogens is 346 g/mol. The van der Waals surface area contributed by atoms with Gasteiger partial charge >= 0.3 is 0 Å². The first-order valence-electron chi connectivity index (χ1n) is 9.12. The van der Waals surface area contributed by atoms with Gasteiger partial charge in [0.1, 0.15) is 5.76 Å². The van der Waals surface area contributed by atoms with Crippen LogP contribution in [0.2, 0.25) is 0 Å². The van der Waals surface area contributed by atoms with Gasteiger partial charge in [-0.1, -0.05) is 0 Å². The van der Waals surface area contributed by atoms with E-state index in [9.17, 15) is 4.79 Å². The predicted molar refractivity (Wildman–Crippen MR) is 105 cm³/mol. The second kappa shape index (κ2) is 8.73. The number of carbonyl (C=O) groups is 1. The van der Waals surface area contributed by atoms with Crippen LogP contribution in [0.5, 0.6) is 0 Å². The van der Waals surface area contributed by atoms with Crippen molar-refractivity contribution in [3.8, 4) is 11.5 Å². The fraction of sp³-hybridized carbons (Fsp3) is 0.500. The van der Waals surface area contributed by atoms with Gasteiger partial charge in [-0.25, -0.2) is 4.98 Å². The van der Waals surface area contributed by atoms with Crippen molar-refractivity contribution in [2.24, 2.45) is 5.92 Å². The van der Waals surface area contributed by atoms with Crippen LogP contribution in [-0.2, 0) is 11.3 Å². The van der Waals surface area contributed by atoms with Gasteiger partial charge in [-0.2, -0.15) is 0 Å². The number of rotatable bonds is 6. The molecule has 3 rings (SSSR count). The minimum absolute atomic E-state index is 0.0478. The Balaban J connectivity index is 1.64. The molecule has 1 fully saturated rings. The molecule has 1 N–H and O–H groups in total. The number of amides is 1. The van der Waals surface area contributed by atoms with Crippen LogP contribution in [0.25, 0.3) is 11.5 Å². The molecule has 0 aliphatic carbocycles. The van der Waals surface area contributed by atoms with E-state index in [4.69, 9.17) is 9.40 Å². The molecule has 1 aliphatic heterocycles. The quantitative estimate of drug-likeness (QED) is 0.782. The zero-order valence-electron chi connectivity index (χ0n) is 15.7. The first kappa shape index (κ1) is 19.0. The van der Waals surface area contributed by atoms with Crippen LogP contribution in [0.1, 0.15) is 31.2 Å². The fourth-order valence-electron chi connectivity index (χ4n) is 3.39. The van der Waals surface area contributed by atoms with Crippen LogP contribution in [0, 0.1) is 12.8 Å². The molecule has 140 valence electrons. The summed E-state index contributed by atoms with van der Waals surface area (Å²) in [6.45, 7) is 7.18. The average molecular weight is 374 g/mol. The zero-order valence-corrected chi connectivity index (χ0v) is 16.6. The SMILES string of the molecule is CSc1ccc(-c2nc(CN3CCC[C@H](CNC(C)=O)C3)c(C)o2)cc1. The Labute approximate surface area is 159 Å². The number of aromatic nitrogens is 1. The number of piperidine rings is 1. The van der Waals surface area contributed by atoms with Gasteiger partial charge in [0.15, 0.2) is 0 Å². The maximum atomic E-state index is 11.1. The number of nitrogens with zero attached hydrogens (tertiary/aromatic N) is 2. The van der Waals surface area contributed by atoms with E-state index >= 15 is 0 Å². The molecule has 1 saturated heterocycles. The molecule has 0 saturated carbocycles. The number of hydrogen-bond acceptors (Lipinski definition) is 5. The van der Waals surface area contributed by atoms with Crippen LogP contribution in [0.4, 0.5) is 0 Å². The third-order valence-electron chi connectivity index (χ3n) is 4.85. The first-order chi connectivity index (χ1) is 12.5. The van der Waals surface area contributed by atoms with E-state index < -0.39 is 0 Å². The molecule has 1 aromatic heterocycles. The van der Waals surface area contributed by atoms with Crippen molar-refractivity contribution in [3.63, 3.8) is 0 Å². The molecule has 1 aromatic carbocycles. The lowest BCUT2D eigenvalue weighted by molar-refractivity contribution is -0.119. The van der Waals surface area contributed by atoms with E-state index in [1.165, 1.54) is 11.3 Å². The van der Waals surface area contributed by atoms with E-state index in [1.54, 1.807) is 18.7 Å². The molecular formula is C20H27N3O2S. The van der Waals surface area contributed by atoms with Crippen molar-refractivity contribution in [1.82, 2.24) is 15.2 Å². The summed E-state index contributed by atoms with van der Waals surface area (Å²) in [6.07, 6.45) is 4.39. The summed E-state index contributed by atoms with van der Waals surface area (Å²) >= 11 is 1.73. The van der Waals surface area contributed by atoms with Crippen molar-refractivity contribution >= 4 is 17.7 Å². The van der Waals surface area contributed by atoms with Crippen LogP contribution < -0.4 is 5.32 Å². The van der Waals surface area contributed by atoms with Gasteiger partial charge in [0.05, 0.1) is 5.69 Å². The summed E-state index contributed by atoms with van der Waals surface area (Å²) in [5.74, 6) is 2.14. The number of benzene rings is 1. The van der Waals surface area contributed by atoms with Crippen LogP contribution >= 0.6 is 11.8 Å². The topological polar surface area (TPSA) is 58.4 Å². The highest BCUT2D eigenvalue weighted by atomic mass is 32.2. The lowest BCUT2D eigenvalue weighted by Crippen LogP contribution is -2.40. The van der Waals surface area contributed by atoms with Gasteiger partial charge in [0.2, 0.25) is 11.8 Å². The smallest absolute Gasteiger partial charge is 0.226 e. The molecule has 0 bridgehead atoms. The Bertz CT molecular complexity index is 742. The number of aryl methyl sites for hydroxylation is 1. The number of hydrogen-bond donors (Lipinski definition) is 1. The Kier molecular flexibility index (Phi) is 6.38. The molecule has 0 radical (unpaired) electrons. The molecule has 1 aliphatic rings. The number of carbonyl (C=O) groups excluding carboxylic acids is 1. The summed E-state index contributed by atoms with van der Waals surface area (Å²) in [4.78, 5) is 19.5. The number of oxazole rings is 1. The van der Waals surface area contributed by atoms with Gasteiger partial charge in [0.25, 0.3) is 0 Å². The zero-order chi connectivity index (χ0) is 18.5. The molecule has 1 atom stereocenters. The summed E-state index contributed by atoms with van der Waals surface area (Å²) in [6, 6.07) is 8.31. The highest BCUT2D eigenvalue weighted by Gasteiger charge is 2.22. The number of nitrogens with one attached hydrogen (secondary N) is 1. The second-order valence-electron chi connectivity index (χ2n) is 6.93. The highest BCUT2D eigenvalue weighted by Crippen LogP contribution is 2.26. The van der Waals surface area contributed by atoms with Gasteiger partial charge in [-0.15, -0.1) is 11.8 Å². The molecule has 6 heteroatoms. The Hall–Kier alpha value is -1.79. The third-order valence-corrected chi connectivity index (χ3v) is 5.59. The van der Waals surface area contributed by atoms with Crippen molar-refractivity contribution < 1.29 is 9.21 Å². The Morgan fingerprint density at radius 3 is 2.85 bits per heavy atom. The Morgan fingerprint density at radius 2 is 2.15 bits per heavy atom. The van der Waals surface area contributed by atoms with Gasteiger partial charge in [-0.3, -0.25) is 9.69 Å². The van der Waals surface area contributed by atoms with Crippen molar-refractivity contribution in [2.75, 3.05) is 25.9 Å². The number of likely N-dealkylation sites (tertiary alicyclic amines) is 1. The van der Waals surface area contributed by atoms with Gasteiger partial charge < -0.3 is 9.73 Å². The van der Waals surface area contributed by atoms with Gasteiger partial charge in [0, 0.05) is 37.0 Å². The van der Waals surface area contributed by atoms with Crippen molar-refractivity contribution in [3.05, 3.63) is 35.7 Å². The van der Waals surface area contributed by atoms with E-state index in [0.29, 0.717) is 11.8 Å². The second-order valence-corrected chi connectivity index (χ2v) is 7.81. The minimum Gasteiger partial charge on any atom is -0.441 e. The molecule has 0 spiro atoms. The molecule has 5 nitrogen and oxygen atoms in total. The van der Waals surface area contributed by atoms with Crippen LogP contribution in [0.15, 0.2) is 33.6 Å². The fourth-order valence-corrected chi connectivity index (χ4v) is 3.80. The standard InChI is InChI=1S/C20H27N3O2S/c1-14-19(13-23-10-4-5-16(12-23)11-21-15(2)24)22-20(25-14)17-6-8-18(26-3)9-7-17/h6-9,16H,4-5,10-13H2,1-3H3,(H,21,24)/t16-/m1/s1. The maximum absolute atomic E-state index is 11.1. The molecule has 26 heavy (non-hydrogen) atoms. The lowest BCUT2D eigenvalue weighted by Gasteiger charge is -2.32. The van der Waals surface area contributed by atoms with Gasteiger partial charge in [-0.05, 0) is 62.7 Å². The first-order valence-corrected chi connectivity index (χ1v) is 10.3. The minimum atomic E-state index is 0.0478. The molecule has 2 aromatic rings. The van der Waals surface area contributed by atoms with E-state index in [2.05, 4.69) is 40.7 Å². The normalized spacial score (nSPS) is 18.0. The molecule has 0 unspecified atom stereocenters. The summed E-state index contributed by atoms with van der Waals surface area (Å²) < 4.78 is 5.92. The predicted octanol–water partition coefficient (Wildman–Crippen LogP) is 3.72. The maximum Gasteiger partial charge on any atom is 0.226 e. The Morgan fingerprint density at radius 1 is 1.38 bits per heavy atom. The van der Waals surface area contributed by atoms with E-state index in [-0.39, 0.29) is 5.91 Å². The van der Waals surface area contributed by atoms with Crippen LogP contribution in [0.3, 0.4) is 0 Å². The van der Waals surface area contributed by atoms with E-state index in [0.717, 1.165) is 49.6 Å². The van der Waals surface area contributed by atoms with Crippen molar-refractivity contribution in [2.45, 2.75) is 38.1 Å². The average Bonchev–Trinajstić information content (AvgIpc) is 3.01. The number of thioether (sulfide) groups is 1. The summed E-state index contributed by atoms with van der Waals surface area (Å²) in [5, 5.41) is 2.94. The summed E-state index contributed by atoms with van der Waals surface area (Å²) in [5.41, 5.74) is 2.02. The largest absolute Gasteiger partial charge is 0.441 e. The van der Waals surface area contributed by atoms with Crippen LogP contribution in [-0.4, -0.2) is 41.7 Å². The highest BCUT2D eigenvalue weighted by molar-refractivity contribution is 7.98. The lowest BCUT2D eigenvalue weighted by atomic mass is 9.98. The summed E-state index contributed by atoms with van der Waals surface area (Å²) in [7, 11) is 0. The van der Waals surface area contributed by atoms with Crippen molar-refractivity contribution in [1.29, 1.82) is 0 Å². The third kappa shape index (κ3) is 4.89. The monoisotopic (exact) mass is 373 g/mol. The molecule has 2 heterocycles.